The topological polar surface area (TPSA) is 49.8 Å². The third-order valence-corrected chi connectivity index (χ3v) is 4.15. The van der Waals surface area contributed by atoms with Crippen molar-refractivity contribution in [3.63, 3.8) is 0 Å². The van der Waals surface area contributed by atoms with Crippen molar-refractivity contribution in [2.75, 3.05) is 10.6 Å². The molecule has 1 unspecified atom stereocenters. The largest absolute Gasteiger partial charge is 0.348 e. The van der Waals surface area contributed by atoms with Crippen molar-refractivity contribution in [3.8, 4) is 0 Å². The molecule has 122 valence electrons. The van der Waals surface area contributed by atoms with Crippen LogP contribution in [0.3, 0.4) is 0 Å². The number of aromatic nitrogens is 2. The first-order valence-electron chi connectivity index (χ1n) is 7.49. The van der Waals surface area contributed by atoms with E-state index in [9.17, 15) is 0 Å². The fourth-order valence-electron chi connectivity index (χ4n) is 2.26. The van der Waals surface area contributed by atoms with Crippen LogP contribution in [0.1, 0.15) is 18.5 Å². The van der Waals surface area contributed by atoms with Gasteiger partial charge in [-0.25, -0.2) is 4.98 Å². The number of para-hydroxylation sites is 1. The minimum absolute atomic E-state index is 0.0883. The Morgan fingerprint density at radius 1 is 0.917 bits per heavy atom. The van der Waals surface area contributed by atoms with E-state index in [0.29, 0.717) is 27.5 Å². The first-order valence-corrected chi connectivity index (χ1v) is 8.24. The Hall–Kier alpha value is -2.30. The molecule has 0 fully saturated rings. The summed E-state index contributed by atoms with van der Waals surface area (Å²) in [5.41, 5.74) is 1.79. The number of benzene rings is 2. The molecule has 0 saturated heterocycles. The van der Waals surface area contributed by atoms with E-state index >= 15 is 0 Å². The van der Waals surface area contributed by atoms with Gasteiger partial charge in [-0.15, -0.1) is 0 Å². The van der Waals surface area contributed by atoms with Gasteiger partial charge in [0.25, 0.3) is 0 Å². The lowest BCUT2D eigenvalue weighted by atomic mass is 10.1. The molecule has 2 aromatic carbocycles. The number of hydrogen-bond acceptors (Lipinski definition) is 4. The molecule has 0 bridgehead atoms. The van der Waals surface area contributed by atoms with Gasteiger partial charge in [0.15, 0.2) is 0 Å². The Morgan fingerprint density at radius 3 is 2.33 bits per heavy atom. The van der Waals surface area contributed by atoms with Crippen LogP contribution in [-0.2, 0) is 0 Å². The predicted molar refractivity (Wildman–Crippen MR) is 100 cm³/mol. The van der Waals surface area contributed by atoms with Gasteiger partial charge in [-0.3, -0.25) is 0 Å². The van der Waals surface area contributed by atoms with E-state index in [1.54, 1.807) is 30.5 Å². The SMILES string of the molecule is CC(Nc1nccc(Nc2c(Cl)cccc2Cl)n1)c1ccccc1. The molecular formula is C18H16Cl2N4. The van der Waals surface area contributed by atoms with Gasteiger partial charge in [0.2, 0.25) is 5.95 Å². The molecular weight excluding hydrogens is 343 g/mol. The van der Waals surface area contributed by atoms with E-state index < -0.39 is 0 Å². The highest BCUT2D eigenvalue weighted by molar-refractivity contribution is 6.39. The fourth-order valence-corrected chi connectivity index (χ4v) is 2.75. The highest BCUT2D eigenvalue weighted by atomic mass is 35.5. The predicted octanol–water partition coefficient (Wildman–Crippen LogP) is 5.70. The number of anilines is 3. The van der Waals surface area contributed by atoms with Crippen molar-refractivity contribution in [3.05, 3.63) is 76.4 Å². The van der Waals surface area contributed by atoms with E-state index in [1.165, 1.54) is 0 Å². The Labute approximate surface area is 150 Å². The van der Waals surface area contributed by atoms with Gasteiger partial charge in [-0.2, -0.15) is 4.98 Å². The number of nitrogens with zero attached hydrogens (tertiary/aromatic N) is 2. The second kappa shape index (κ2) is 7.51. The molecule has 3 rings (SSSR count). The molecule has 0 aliphatic heterocycles. The lowest BCUT2D eigenvalue weighted by Crippen LogP contribution is -2.10. The molecule has 0 aliphatic rings. The van der Waals surface area contributed by atoms with Gasteiger partial charge in [0.1, 0.15) is 5.82 Å². The van der Waals surface area contributed by atoms with Crippen LogP contribution in [-0.4, -0.2) is 9.97 Å². The summed E-state index contributed by atoms with van der Waals surface area (Å²) in [6.07, 6.45) is 1.68. The number of rotatable bonds is 5. The molecule has 0 saturated carbocycles. The molecule has 1 atom stereocenters. The van der Waals surface area contributed by atoms with Crippen LogP contribution in [0, 0.1) is 0 Å². The molecule has 0 aliphatic carbocycles. The van der Waals surface area contributed by atoms with Crippen molar-refractivity contribution in [2.24, 2.45) is 0 Å². The third kappa shape index (κ3) is 3.96. The van der Waals surface area contributed by atoms with E-state index in [2.05, 4.69) is 39.7 Å². The minimum Gasteiger partial charge on any atom is -0.348 e. The van der Waals surface area contributed by atoms with Gasteiger partial charge in [0, 0.05) is 6.20 Å². The molecule has 1 aromatic heterocycles. The molecule has 1 heterocycles. The van der Waals surface area contributed by atoms with Crippen molar-refractivity contribution in [1.82, 2.24) is 9.97 Å². The summed E-state index contributed by atoms with van der Waals surface area (Å²) in [5.74, 6) is 1.14. The van der Waals surface area contributed by atoms with E-state index in [1.807, 2.05) is 18.2 Å². The zero-order valence-corrected chi connectivity index (χ0v) is 14.5. The zero-order valence-electron chi connectivity index (χ0n) is 13.0. The standard InChI is InChI=1S/C18H16Cl2N4/c1-12(13-6-3-2-4-7-13)22-18-21-11-10-16(24-18)23-17-14(19)8-5-9-15(17)20/h2-12H,1H3,(H2,21,22,23,24). The lowest BCUT2D eigenvalue weighted by molar-refractivity contribution is 0.861. The summed E-state index contributed by atoms with van der Waals surface area (Å²) < 4.78 is 0. The van der Waals surface area contributed by atoms with Crippen LogP contribution in [0.4, 0.5) is 17.5 Å². The molecule has 0 spiro atoms. The normalized spacial score (nSPS) is 11.8. The Morgan fingerprint density at radius 2 is 1.62 bits per heavy atom. The highest BCUT2D eigenvalue weighted by Crippen LogP contribution is 2.32. The molecule has 0 amide bonds. The van der Waals surface area contributed by atoms with Crippen LogP contribution in [0.15, 0.2) is 60.8 Å². The van der Waals surface area contributed by atoms with Crippen LogP contribution in [0.25, 0.3) is 0 Å². The average molecular weight is 359 g/mol. The van der Waals surface area contributed by atoms with E-state index in [-0.39, 0.29) is 6.04 Å². The summed E-state index contributed by atoms with van der Waals surface area (Å²) in [5, 5.41) is 7.50. The van der Waals surface area contributed by atoms with Gasteiger partial charge >= 0.3 is 0 Å². The van der Waals surface area contributed by atoms with Crippen LogP contribution < -0.4 is 10.6 Å². The molecule has 4 nitrogen and oxygen atoms in total. The van der Waals surface area contributed by atoms with Crippen molar-refractivity contribution in [1.29, 1.82) is 0 Å². The lowest BCUT2D eigenvalue weighted by Gasteiger charge is -2.15. The van der Waals surface area contributed by atoms with Gasteiger partial charge in [0.05, 0.1) is 21.8 Å². The quantitative estimate of drug-likeness (QED) is 0.614. The number of hydrogen-bond donors (Lipinski definition) is 2. The summed E-state index contributed by atoms with van der Waals surface area (Å²) >= 11 is 12.4. The molecule has 3 aromatic rings. The first-order chi connectivity index (χ1) is 11.6. The van der Waals surface area contributed by atoms with Crippen LogP contribution >= 0.6 is 23.2 Å². The van der Waals surface area contributed by atoms with Gasteiger partial charge < -0.3 is 10.6 Å². The maximum absolute atomic E-state index is 6.18. The fraction of sp³-hybridized carbons (Fsp3) is 0.111. The smallest absolute Gasteiger partial charge is 0.225 e. The number of halogens is 2. The monoisotopic (exact) mass is 358 g/mol. The summed E-state index contributed by atoms with van der Waals surface area (Å²) in [7, 11) is 0. The van der Waals surface area contributed by atoms with Crippen LogP contribution in [0.2, 0.25) is 10.0 Å². The molecule has 0 radical (unpaired) electrons. The Kier molecular flexibility index (Phi) is 5.18. The Bertz CT molecular complexity index is 804. The maximum Gasteiger partial charge on any atom is 0.225 e. The second-order valence-corrected chi connectivity index (χ2v) is 6.08. The third-order valence-electron chi connectivity index (χ3n) is 3.52. The summed E-state index contributed by atoms with van der Waals surface area (Å²) in [6, 6.07) is 17.3. The molecule has 24 heavy (non-hydrogen) atoms. The van der Waals surface area contributed by atoms with E-state index in [0.717, 1.165) is 5.56 Å². The Balaban J connectivity index is 1.77. The first kappa shape index (κ1) is 16.6. The van der Waals surface area contributed by atoms with Crippen molar-refractivity contribution < 1.29 is 0 Å². The second-order valence-electron chi connectivity index (χ2n) is 5.26. The van der Waals surface area contributed by atoms with Crippen molar-refractivity contribution in [2.45, 2.75) is 13.0 Å². The van der Waals surface area contributed by atoms with Gasteiger partial charge in [-0.05, 0) is 30.7 Å². The minimum atomic E-state index is 0.0883. The zero-order chi connectivity index (χ0) is 16.9. The maximum atomic E-state index is 6.18. The van der Waals surface area contributed by atoms with Crippen molar-refractivity contribution >= 4 is 40.7 Å². The molecule has 2 N–H and O–H groups in total. The molecule has 6 heteroatoms. The van der Waals surface area contributed by atoms with Crippen LogP contribution in [0.5, 0.6) is 0 Å². The van der Waals surface area contributed by atoms with E-state index in [4.69, 9.17) is 23.2 Å². The van der Waals surface area contributed by atoms with Gasteiger partial charge in [-0.1, -0.05) is 59.6 Å². The number of nitrogens with one attached hydrogen (secondary N) is 2. The highest BCUT2D eigenvalue weighted by Gasteiger charge is 2.09. The summed E-state index contributed by atoms with van der Waals surface area (Å²) in [6.45, 7) is 2.06. The summed E-state index contributed by atoms with van der Waals surface area (Å²) in [4.78, 5) is 8.73. The average Bonchev–Trinajstić information content (AvgIpc) is 2.59.